The predicted octanol–water partition coefficient (Wildman–Crippen LogP) is 5.53. The summed E-state index contributed by atoms with van der Waals surface area (Å²) in [5, 5.41) is 0. The molecule has 0 bridgehead atoms. The second kappa shape index (κ2) is 12.6. The molecule has 0 unspecified atom stereocenters. The lowest BCUT2D eigenvalue weighted by molar-refractivity contribution is -0.131. The van der Waals surface area contributed by atoms with E-state index in [-0.39, 0.29) is 28.6 Å². The molecule has 0 aliphatic carbocycles. The highest BCUT2D eigenvalue weighted by molar-refractivity contribution is 5.88. The zero-order valence-corrected chi connectivity index (χ0v) is 20.5. The largest absolute Gasteiger partial charge is 0.419 e. The summed E-state index contributed by atoms with van der Waals surface area (Å²) in [4.78, 5) is 46.8. The van der Waals surface area contributed by atoms with Gasteiger partial charge in [-0.3, -0.25) is 0 Å². The van der Waals surface area contributed by atoms with E-state index in [0.29, 0.717) is 16.7 Å². The van der Waals surface area contributed by atoms with Crippen molar-refractivity contribution in [2.75, 3.05) is 0 Å². The Morgan fingerprint density at radius 3 is 1.31 bits per heavy atom. The first-order valence-corrected chi connectivity index (χ1v) is 11.1. The summed E-state index contributed by atoms with van der Waals surface area (Å²) in [6.45, 7) is 13.3. The van der Waals surface area contributed by atoms with Crippen LogP contribution in [0.3, 0.4) is 0 Å². The number of benzene rings is 3. The summed E-state index contributed by atoms with van der Waals surface area (Å²) >= 11 is 0. The average Bonchev–Trinajstić information content (AvgIpc) is 2.94. The van der Waals surface area contributed by atoms with Gasteiger partial charge >= 0.3 is 23.9 Å². The SMILES string of the molecule is C=CC(=O)Oc1ccc(-c2ccc(-c3ccc(OC(=O)C=C)c(OC(=O)C=C)c3)c(F)c2)cc1OC(=O)C=C. The summed E-state index contributed by atoms with van der Waals surface area (Å²) < 4.78 is 35.8. The van der Waals surface area contributed by atoms with Crippen LogP contribution >= 0.6 is 0 Å². The number of rotatable bonds is 10. The van der Waals surface area contributed by atoms with E-state index in [0.717, 1.165) is 24.3 Å². The van der Waals surface area contributed by atoms with Crippen LogP contribution in [0.5, 0.6) is 23.0 Å². The van der Waals surface area contributed by atoms with Gasteiger partial charge in [0.05, 0.1) is 0 Å². The molecule has 0 amide bonds. The fourth-order valence-electron chi connectivity index (χ4n) is 3.22. The van der Waals surface area contributed by atoms with Gasteiger partial charge in [0.2, 0.25) is 0 Å². The minimum absolute atomic E-state index is 0.0465. The molecular formula is C30H21FO8. The molecule has 0 fully saturated rings. The van der Waals surface area contributed by atoms with Crippen LogP contribution in [-0.2, 0) is 19.2 Å². The van der Waals surface area contributed by atoms with Gasteiger partial charge in [0.1, 0.15) is 5.82 Å². The van der Waals surface area contributed by atoms with Gasteiger partial charge < -0.3 is 18.9 Å². The molecule has 0 atom stereocenters. The van der Waals surface area contributed by atoms with Gasteiger partial charge in [-0.2, -0.15) is 0 Å². The van der Waals surface area contributed by atoms with Gasteiger partial charge in [-0.1, -0.05) is 50.6 Å². The first kappa shape index (κ1) is 28.0. The highest BCUT2D eigenvalue weighted by Crippen LogP contribution is 2.37. The van der Waals surface area contributed by atoms with E-state index in [4.69, 9.17) is 18.9 Å². The lowest BCUT2D eigenvalue weighted by Gasteiger charge is -2.13. The Bertz CT molecular complexity index is 1520. The maximum atomic E-state index is 15.3. The van der Waals surface area contributed by atoms with Gasteiger partial charge in [0, 0.05) is 29.9 Å². The molecule has 0 aromatic heterocycles. The molecule has 0 spiro atoms. The Hall–Kier alpha value is -5.57. The number of hydrogen-bond acceptors (Lipinski definition) is 8. The predicted molar refractivity (Wildman–Crippen MR) is 141 cm³/mol. The first-order chi connectivity index (χ1) is 18.7. The van der Waals surface area contributed by atoms with E-state index in [1.807, 2.05) is 0 Å². The Morgan fingerprint density at radius 1 is 0.513 bits per heavy atom. The second-order valence-electron chi connectivity index (χ2n) is 7.52. The number of carbonyl (C=O) groups is 4. The molecule has 39 heavy (non-hydrogen) atoms. The van der Waals surface area contributed by atoms with Crippen LogP contribution in [0.4, 0.5) is 4.39 Å². The molecule has 0 aliphatic heterocycles. The zero-order valence-electron chi connectivity index (χ0n) is 20.5. The molecule has 0 saturated carbocycles. The van der Waals surface area contributed by atoms with Crippen LogP contribution in [0.1, 0.15) is 0 Å². The summed E-state index contributed by atoms with van der Waals surface area (Å²) in [5.74, 6) is -4.13. The van der Waals surface area contributed by atoms with Crippen molar-refractivity contribution < 1.29 is 42.5 Å². The Balaban J connectivity index is 2.01. The molecule has 0 heterocycles. The Labute approximate surface area is 222 Å². The lowest BCUT2D eigenvalue weighted by atomic mass is 9.99. The molecule has 3 aromatic rings. The molecule has 0 N–H and O–H groups in total. The molecule has 8 nitrogen and oxygen atoms in total. The van der Waals surface area contributed by atoms with E-state index >= 15 is 4.39 Å². The molecule has 3 aromatic carbocycles. The molecule has 0 saturated heterocycles. The minimum Gasteiger partial charge on any atom is -0.419 e. The third-order valence-electron chi connectivity index (χ3n) is 5.01. The minimum atomic E-state index is -0.811. The van der Waals surface area contributed by atoms with E-state index in [9.17, 15) is 19.2 Å². The molecule has 3 rings (SSSR count). The van der Waals surface area contributed by atoms with Crippen molar-refractivity contribution in [3.63, 3.8) is 0 Å². The lowest BCUT2D eigenvalue weighted by Crippen LogP contribution is -2.08. The van der Waals surface area contributed by atoms with E-state index in [2.05, 4.69) is 26.3 Å². The van der Waals surface area contributed by atoms with Crippen LogP contribution in [0.25, 0.3) is 22.3 Å². The van der Waals surface area contributed by atoms with Gasteiger partial charge in [0.15, 0.2) is 23.0 Å². The number of carbonyl (C=O) groups excluding carboxylic acids is 4. The summed E-state index contributed by atoms with van der Waals surface area (Å²) in [5.41, 5.74) is 1.31. The van der Waals surface area contributed by atoms with Crippen molar-refractivity contribution in [3.05, 3.63) is 111 Å². The number of hydrogen-bond donors (Lipinski definition) is 0. The maximum absolute atomic E-state index is 15.3. The zero-order chi connectivity index (χ0) is 28.5. The van der Waals surface area contributed by atoms with Crippen molar-refractivity contribution in [3.8, 4) is 45.3 Å². The number of halogens is 1. The van der Waals surface area contributed by atoms with Crippen molar-refractivity contribution >= 4 is 23.9 Å². The van der Waals surface area contributed by atoms with E-state index in [1.165, 1.54) is 42.5 Å². The molecular weight excluding hydrogens is 507 g/mol. The molecule has 196 valence electrons. The molecule has 9 heteroatoms. The van der Waals surface area contributed by atoms with Crippen LogP contribution in [0.15, 0.2) is 105 Å². The van der Waals surface area contributed by atoms with Crippen LogP contribution < -0.4 is 18.9 Å². The third kappa shape index (κ3) is 7.01. The van der Waals surface area contributed by atoms with E-state index in [1.54, 1.807) is 12.1 Å². The normalized spacial score (nSPS) is 9.97. The van der Waals surface area contributed by atoms with Gasteiger partial charge in [-0.05, 0) is 47.0 Å². The highest BCUT2D eigenvalue weighted by Gasteiger charge is 2.17. The van der Waals surface area contributed by atoms with Crippen LogP contribution in [-0.4, -0.2) is 23.9 Å². The monoisotopic (exact) mass is 528 g/mol. The van der Waals surface area contributed by atoms with Crippen molar-refractivity contribution in [1.29, 1.82) is 0 Å². The Kier molecular flexibility index (Phi) is 9.05. The van der Waals surface area contributed by atoms with Crippen LogP contribution in [0, 0.1) is 5.82 Å². The van der Waals surface area contributed by atoms with Gasteiger partial charge in [0.25, 0.3) is 0 Å². The summed E-state index contributed by atoms with van der Waals surface area (Å²) in [6, 6.07) is 12.8. The summed E-state index contributed by atoms with van der Waals surface area (Å²) in [7, 11) is 0. The molecule has 0 aliphatic rings. The van der Waals surface area contributed by atoms with E-state index < -0.39 is 29.7 Å². The fourth-order valence-corrected chi connectivity index (χ4v) is 3.22. The quantitative estimate of drug-likeness (QED) is 0.192. The van der Waals surface area contributed by atoms with Crippen molar-refractivity contribution in [2.24, 2.45) is 0 Å². The number of esters is 4. The third-order valence-corrected chi connectivity index (χ3v) is 5.01. The standard InChI is InChI=1S/C30H21FO8/c1-5-27(32)36-23-13-10-19(16-25(23)38-29(34)7-3)18-9-12-21(22(31)15-18)20-11-14-24(37-28(33)6-2)26(17-20)39-30(35)8-4/h5-17H,1-4H2. The fraction of sp³-hybridized carbons (Fsp3) is 0. The second-order valence-corrected chi connectivity index (χ2v) is 7.52. The number of ether oxygens (including phenoxy) is 4. The topological polar surface area (TPSA) is 105 Å². The van der Waals surface area contributed by atoms with Crippen LogP contribution in [0.2, 0.25) is 0 Å². The van der Waals surface area contributed by atoms with Gasteiger partial charge in [-0.15, -0.1) is 0 Å². The first-order valence-electron chi connectivity index (χ1n) is 11.1. The maximum Gasteiger partial charge on any atom is 0.335 e. The van der Waals surface area contributed by atoms with Crippen molar-refractivity contribution in [2.45, 2.75) is 0 Å². The van der Waals surface area contributed by atoms with Crippen molar-refractivity contribution in [1.82, 2.24) is 0 Å². The smallest absolute Gasteiger partial charge is 0.335 e. The Morgan fingerprint density at radius 2 is 0.872 bits per heavy atom. The average molecular weight is 528 g/mol. The summed E-state index contributed by atoms with van der Waals surface area (Å²) in [6.07, 6.45) is 3.74. The molecule has 0 radical (unpaired) electrons. The van der Waals surface area contributed by atoms with Gasteiger partial charge in [-0.25, -0.2) is 23.6 Å². The highest BCUT2D eigenvalue weighted by atomic mass is 19.1.